The number of aromatic nitrogens is 4. The van der Waals surface area contributed by atoms with Gasteiger partial charge in [-0.05, 0) is 51.6 Å². The number of aryl methyl sites for hydroxylation is 2. The maximum atomic E-state index is 12.9. The molecule has 8 nitrogen and oxygen atoms in total. The van der Waals surface area contributed by atoms with Gasteiger partial charge in [-0.3, -0.25) is 4.79 Å². The zero-order valence-electron chi connectivity index (χ0n) is 18.6. The number of imidazole rings is 1. The summed E-state index contributed by atoms with van der Waals surface area (Å²) in [5.74, 6) is 2.24. The van der Waals surface area contributed by atoms with E-state index in [0.717, 1.165) is 68.2 Å². The van der Waals surface area contributed by atoms with Crippen molar-refractivity contribution in [1.82, 2.24) is 29.7 Å². The minimum atomic E-state index is 0.0144. The van der Waals surface area contributed by atoms with Gasteiger partial charge in [-0.25, -0.2) is 15.0 Å². The van der Waals surface area contributed by atoms with Crippen LogP contribution in [0.4, 0.5) is 5.82 Å². The Morgan fingerprint density at radius 3 is 2.74 bits per heavy atom. The molecule has 168 valence electrons. The Kier molecular flexibility index (Phi) is 6.34. The van der Waals surface area contributed by atoms with Crippen LogP contribution in [-0.2, 0) is 17.8 Å². The van der Waals surface area contributed by atoms with Crippen LogP contribution in [0.2, 0.25) is 0 Å². The molecule has 2 fully saturated rings. The van der Waals surface area contributed by atoms with E-state index in [1.54, 1.807) is 6.33 Å². The monoisotopic (exact) mass is 425 g/mol. The van der Waals surface area contributed by atoms with Crippen molar-refractivity contribution in [3.63, 3.8) is 0 Å². The van der Waals surface area contributed by atoms with Crippen molar-refractivity contribution in [3.05, 3.63) is 12.2 Å². The Hall–Kier alpha value is -2.22. The van der Waals surface area contributed by atoms with Crippen molar-refractivity contribution >= 4 is 22.9 Å². The Bertz CT molecular complexity index is 905. The van der Waals surface area contributed by atoms with Gasteiger partial charge >= 0.3 is 0 Å². The topological polar surface area (TPSA) is 79.2 Å². The summed E-state index contributed by atoms with van der Waals surface area (Å²) in [6.45, 7) is 6.69. The van der Waals surface area contributed by atoms with Crippen molar-refractivity contribution < 1.29 is 4.79 Å². The first kappa shape index (κ1) is 20.7. The van der Waals surface area contributed by atoms with Gasteiger partial charge in [0, 0.05) is 39.1 Å². The van der Waals surface area contributed by atoms with E-state index in [2.05, 4.69) is 29.7 Å². The fraction of sp³-hybridized carbons (Fsp3) is 0.739. The minimum Gasteiger partial charge on any atom is -0.355 e. The van der Waals surface area contributed by atoms with E-state index < -0.39 is 0 Å². The second-order valence-corrected chi connectivity index (χ2v) is 9.34. The van der Waals surface area contributed by atoms with Gasteiger partial charge in [-0.15, -0.1) is 0 Å². The molecule has 0 bridgehead atoms. The predicted molar refractivity (Wildman–Crippen MR) is 121 cm³/mol. The lowest BCUT2D eigenvalue weighted by molar-refractivity contribution is -0.125. The summed E-state index contributed by atoms with van der Waals surface area (Å²) in [7, 11) is 0. The molecule has 1 N–H and O–H groups in total. The summed E-state index contributed by atoms with van der Waals surface area (Å²) in [6, 6.07) is 0. The highest BCUT2D eigenvalue weighted by Gasteiger charge is 2.29. The molecule has 0 aliphatic carbocycles. The summed E-state index contributed by atoms with van der Waals surface area (Å²) in [5.41, 5.74) is 1.86. The Balaban J connectivity index is 1.25. The van der Waals surface area contributed by atoms with Gasteiger partial charge in [0.25, 0.3) is 0 Å². The predicted octanol–water partition coefficient (Wildman–Crippen LogP) is 2.37. The molecule has 1 unspecified atom stereocenters. The van der Waals surface area contributed by atoms with Crippen molar-refractivity contribution in [2.45, 2.75) is 64.3 Å². The first-order valence-corrected chi connectivity index (χ1v) is 12.2. The second-order valence-electron chi connectivity index (χ2n) is 9.34. The highest BCUT2D eigenvalue weighted by atomic mass is 16.1. The van der Waals surface area contributed by atoms with Crippen LogP contribution in [-0.4, -0.2) is 69.6 Å². The number of piperidine rings is 2. The fourth-order valence-electron chi connectivity index (χ4n) is 5.40. The number of nitrogens with one attached hydrogen (secondary N) is 1. The molecule has 3 aliphatic heterocycles. The number of hydrogen-bond donors (Lipinski definition) is 1. The maximum absolute atomic E-state index is 12.9. The Morgan fingerprint density at radius 1 is 1.00 bits per heavy atom. The summed E-state index contributed by atoms with van der Waals surface area (Å²) in [6.07, 6.45) is 12.2. The summed E-state index contributed by atoms with van der Waals surface area (Å²) in [5, 5.41) is 3.20. The number of likely N-dealkylation sites (tertiary alicyclic amines) is 1. The van der Waals surface area contributed by atoms with Gasteiger partial charge in [-0.1, -0.05) is 12.8 Å². The van der Waals surface area contributed by atoms with Gasteiger partial charge < -0.3 is 19.7 Å². The van der Waals surface area contributed by atoms with Crippen LogP contribution in [0, 0.1) is 5.92 Å². The molecule has 0 saturated carbocycles. The second kappa shape index (κ2) is 9.51. The quantitative estimate of drug-likeness (QED) is 0.792. The number of fused-ring (bicyclic) bond motifs is 3. The van der Waals surface area contributed by atoms with E-state index in [1.165, 1.54) is 51.6 Å². The SMILES string of the molecule is O=C(NCCN1CCCCC1)C1CCCN(c2ncnc3c2nc2n3CCCCC2)C1. The summed E-state index contributed by atoms with van der Waals surface area (Å²) >= 11 is 0. The molecule has 5 heterocycles. The van der Waals surface area contributed by atoms with E-state index in [0.29, 0.717) is 6.54 Å². The molecular weight excluding hydrogens is 390 g/mol. The van der Waals surface area contributed by atoms with Gasteiger partial charge in [0.1, 0.15) is 12.2 Å². The number of carbonyl (C=O) groups excluding carboxylic acids is 1. The molecule has 1 amide bonds. The third kappa shape index (κ3) is 4.54. The van der Waals surface area contributed by atoms with Crippen LogP contribution < -0.4 is 10.2 Å². The molecule has 8 heteroatoms. The average molecular weight is 426 g/mol. The van der Waals surface area contributed by atoms with E-state index in [-0.39, 0.29) is 11.8 Å². The van der Waals surface area contributed by atoms with E-state index in [9.17, 15) is 4.79 Å². The zero-order chi connectivity index (χ0) is 21.0. The first-order chi connectivity index (χ1) is 15.3. The van der Waals surface area contributed by atoms with Crippen molar-refractivity contribution in [2.24, 2.45) is 5.92 Å². The molecule has 31 heavy (non-hydrogen) atoms. The lowest BCUT2D eigenvalue weighted by atomic mass is 9.97. The number of nitrogens with zero attached hydrogens (tertiary/aromatic N) is 6. The smallest absolute Gasteiger partial charge is 0.224 e. The molecular formula is C23H35N7O. The van der Waals surface area contributed by atoms with Gasteiger partial charge in [0.05, 0.1) is 5.92 Å². The molecule has 2 saturated heterocycles. The van der Waals surface area contributed by atoms with Crippen molar-refractivity contribution in [1.29, 1.82) is 0 Å². The summed E-state index contributed by atoms with van der Waals surface area (Å²) in [4.78, 5) is 31.7. The Labute approximate surface area is 184 Å². The van der Waals surface area contributed by atoms with Crippen molar-refractivity contribution in [2.75, 3.05) is 44.2 Å². The zero-order valence-corrected chi connectivity index (χ0v) is 18.6. The number of anilines is 1. The highest BCUT2D eigenvalue weighted by molar-refractivity contribution is 5.85. The molecule has 2 aromatic heterocycles. The molecule has 5 rings (SSSR count). The van der Waals surface area contributed by atoms with Crippen LogP contribution in [0.5, 0.6) is 0 Å². The third-order valence-electron chi connectivity index (χ3n) is 7.14. The van der Waals surface area contributed by atoms with Crippen molar-refractivity contribution in [3.8, 4) is 0 Å². The van der Waals surface area contributed by atoms with E-state index in [1.807, 2.05) is 0 Å². The average Bonchev–Trinajstić information content (AvgIpc) is 3.00. The molecule has 0 aromatic carbocycles. The largest absolute Gasteiger partial charge is 0.355 e. The normalized spacial score (nSPS) is 22.8. The first-order valence-electron chi connectivity index (χ1n) is 12.2. The number of carbonyl (C=O) groups is 1. The van der Waals surface area contributed by atoms with Gasteiger partial charge in [0.2, 0.25) is 5.91 Å². The maximum Gasteiger partial charge on any atom is 0.224 e. The number of hydrogen-bond acceptors (Lipinski definition) is 6. The summed E-state index contributed by atoms with van der Waals surface area (Å²) < 4.78 is 2.28. The highest BCUT2D eigenvalue weighted by Crippen LogP contribution is 2.29. The molecule has 1 atom stereocenters. The van der Waals surface area contributed by atoms with Crippen LogP contribution in [0.25, 0.3) is 11.2 Å². The third-order valence-corrected chi connectivity index (χ3v) is 7.14. The van der Waals surface area contributed by atoms with Crippen LogP contribution >= 0.6 is 0 Å². The lowest BCUT2D eigenvalue weighted by Crippen LogP contribution is -2.45. The van der Waals surface area contributed by atoms with E-state index >= 15 is 0 Å². The number of amides is 1. The van der Waals surface area contributed by atoms with Crippen LogP contribution in [0.15, 0.2) is 6.33 Å². The van der Waals surface area contributed by atoms with Crippen LogP contribution in [0.3, 0.4) is 0 Å². The number of rotatable bonds is 5. The van der Waals surface area contributed by atoms with E-state index in [4.69, 9.17) is 4.98 Å². The lowest BCUT2D eigenvalue weighted by Gasteiger charge is -2.33. The standard InChI is InChI=1S/C23H35N7O/c31-23(24-10-15-28-11-4-2-5-12-28)18-8-7-13-29(16-18)21-20-22(26-17-25-21)30-14-6-1-3-9-19(30)27-20/h17-18H,1-16H2,(H,24,31). The molecule has 0 spiro atoms. The Morgan fingerprint density at radius 2 is 1.84 bits per heavy atom. The molecule has 3 aliphatic rings. The molecule has 2 aromatic rings. The van der Waals surface area contributed by atoms with Gasteiger partial charge in [-0.2, -0.15) is 0 Å². The molecule has 0 radical (unpaired) electrons. The fourth-order valence-corrected chi connectivity index (χ4v) is 5.40. The van der Waals surface area contributed by atoms with Crippen LogP contribution in [0.1, 0.15) is 57.2 Å². The van der Waals surface area contributed by atoms with Gasteiger partial charge in [0.15, 0.2) is 17.0 Å². The minimum absolute atomic E-state index is 0.0144.